The Kier molecular flexibility index (Phi) is 6.38. The number of amides is 1. The standard InChI is InChI=1S/C18H19FN6OS.ClH/c1-11-16(12-2-4-13(19)5-3-12)21-18(27-11)22-17(26)15-10-25(24-23-15)14-6-8-20-9-7-14;/h2-5,10,14,20H,6-9H2,1H3,(H,21,22,26);1H. The number of piperidine rings is 1. The average Bonchev–Trinajstić information content (AvgIpc) is 3.30. The molecule has 1 aliphatic heterocycles. The smallest absolute Gasteiger partial charge is 0.279 e. The van der Waals surface area contributed by atoms with Crippen LogP contribution in [0.15, 0.2) is 30.5 Å². The van der Waals surface area contributed by atoms with Gasteiger partial charge in [0.25, 0.3) is 5.91 Å². The molecule has 148 valence electrons. The Hall–Kier alpha value is -2.36. The lowest BCUT2D eigenvalue weighted by molar-refractivity contribution is 0.102. The zero-order valence-electron chi connectivity index (χ0n) is 15.2. The van der Waals surface area contributed by atoms with Gasteiger partial charge < -0.3 is 5.32 Å². The van der Waals surface area contributed by atoms with E-state index < -0.39 is 0 Å². The molecule has 1 aromatic carbocycles. The van der Waals surface area contributed by atoms with Crippen molar-refractivity contribution in [3.8, 4) is 11.3 Å². The van der Waals surface area contributed by atoms with E-state index in [-0.39, 0.29) is 35.9 Å². The quantitative estimate of drug-likeness (QED) is 0.672. The van der Waals surface area contributed by atoms with Crippen LogP contribution in [0.5, 0.6) is 0 Å². The number of aryl methyl sites for hydroxylation is 1. The third kappa shape index (κ3) is 4.37. The summed E-state index contributed by atoms with van der Waals surface area (Å²) in [4.78, 5) is 17.9. The van der Waals surface area contributed by atoms with Gasteiger partial charge >= 0.3 is 0 Å². The highest BCUT2D eigenvalue weighted by Crippen LogP contribution is 2.30. The maximum Gasteiger partial charge on any atom is 0.279 e. The Morgan fingerprint density at radius 2 is 2.00 bits per heavy atom. The van der Waals surface area contributed by atoms with E-state index in [1.54, 1.807) is 23.0 Å². The first-order valence-electron chi connectivity index (χ1n) is 8.77. The maximum absolute atomic E-state index is 13.1. The molecule has 0 aliphatic carbocycles. The zero-order valence-corrected chi connectivity index (χ0v) is 16.8. The van der Waals surface area contributed by atoms with E-state index in [9.17, 15) is 9.18 Å². The summed E-state index contributed by atoms with van der Waals surface area (Å²) in [5.41, 5.74) is 1.81. The van der Waals surface area contributed by atoms with E-state index in [0.29, 0.717) is 5.13 Å². The number of halogens is 2. The Bertz CT molecular complexity index is 951. The summed E-state index contributed by atoms with van der Waals surface area (Å²) in [7, 11) is 0. The molecule has 0 unspecified atom stereocenters. The fourth-order valence-corrected chi connectivity index (χ4v) is 3.95. The number of carbonyl (C=O) groups is 1. The molecule has 3 heterocycles. The van der Waals surface area contributed by atoms with Crippen molar-refractivity contribution in [3.63, 3.8) is 0 Å². The molecule has 1 saturated heterocycles. The van der Waals surface area contributed by atoms with Gasteiger partial charge in [-0.3, -0.25) is 10.1 Å². The van der Waals surface area contributed by atoms with Gasteiger partial charge in [-0.2, -0.15) is 0 Å². The van der Waals surface area contributed by atoms with Crippen molar-refractivity contribution in [3.05, 3.63) is 46.9 Å². The van der Waals surface area contributed by atoms with Crippen molar-refractivity contribution < 1.29 is 9.18 Å². The summed E-state index contributed by atoms with van der Waals surface area (Å²) in [5, 5.41) is 14.7. The number of benzene rings is 1. The first-order chi connectivity index (χ1) is 13.1. The van der Waals surface area contributed by atoms with Crippen molar-refractivity contribution >= 4 is 34.8 Å². The Morgan fingerprint density at radius 1 is 1.29 bits per heavy atom. The van der Waals surface area contributed by atoms with E-state index in [1.165, 1.54) is 23.5 Å². The number of anilines is 1. The summed E-state index contributed by atoms with van der Waals surface area (Å²) in [6.45, 7) is 3.80. The van der Waals surface area contributed by atoms with Crippen LogP contribution in [0.4, 0.5) is 9.52 Å². The van der Waals surface area contributed by atoms with E-state index in [0.717, 1.165) is 42.1 Å². The molecule has 3 aromatic rings. The number of hydrogen-bond donors (Lipinski definition) is 2. The minimum atomic E-state index is -0.338. The highest BCUT2D eigenvalue weighted by Gasteiger charge is 2.20. The summed E-state index contributed by atoms with van der Waals surface area (Å²) in [6.07, 6.45) is 3.63. The number of rotatable bonds is 4. The van der Waals surface area contributed by atoms with E-state index >= 15 is 0 Å². The van der Waals surface area contributed by atoms with Gasteiger partial charge in [0.2, 0.25) is 0 Å². The first kappa shape index (κ1) is 20.4. The Labute approximate surface area is 171 Å². The highest BCUT2D eigenvalue weighted by molar-refractivity contribution is 7.16. The second-order valence-corrected chi connectivity index (χ2v) is 7.65. The van der Waals surface area contributed by atoms with Gasteiger partial charge in [-0.05, 0) is 57.1 Å². The van der Waals surface area contributed by atoms with Crippen molar-refractivity contribution in [2.45, 2.75) is 25.8 Å². The van der Waals surface area contributed by atoms with E-state index in [1.807, 2.05) is 6.92 Å². The number of nitrogens with one attached hydrogen (secondary N) is 2. The molecule has 7 nitrogen and oxygen atoms in total. The van der Waals surface area contributed by atoms with Crippen LogP contribution in [0.3, 0.4) is 0 Å². The predicted octanol–water partition coefficient (Wildman–Crippen LogP) is 3.45. The minimum Gasteiger partial charge on any atom is -0.317 e. The largest absolute Gasteiger partial charge is 0.317 e. The molecule has 1 aliphatic rings. The topological polar surface area (TPSA) is 84.7 Å². The van der Waals surface area contributed by atoms with Crippen molar-refractivity contribution in [1.82, 2.24) is 25.3 Å². The fourth-order valence-electron chi connectivity index (χ4n) is 3.12. The first-order valence-corrected chi connectivity index (χ1v) is 9.59. The number of carbonyl (C=O) groups excluding carboxylic acids is 1. The zero-order chi connectivity index (χ0) is 18.8. The van der Waals surface area contributed by atoms with Gasteiger partial charge in [-0.1, -0.05) is 5.21 Å². The van der Waals surface area contributed by atoms with Gasteiger partial charge in [-0.25, -0.2) is 14.1 Å². The monoisotopic (exact) mass is 422 g/mol. The lowest BCUT2D eigenvalue weighted by Gasteiger charge is -2.21. The lowest BCUT2D eigenvalue weighted by atomic mass is 10.1. The molecule has 10 heteroatoms. The summed E-state index contributed by atoms with van der Waals surface area (Å²) in [6, 6.07) is 6.41. The van der Waals surface area contributed by atoms with Crippen LogP contribution >= 0.6 is 23.7 Å². The molecule has 2 N–H and O–H groups in total. The number of thiazole rings is 1. The normalized spacial score (nSPS) is 14.5. The summed E-state index contributed by atoms with van der Waals surface area (Å²) >= 11 is 1.37. The fraction of sp³-hybridized carbons (Fsp3) is 0.333. The minimum absolute atomic E-state index is 0. The molecule has 0 atom stereocenters. The third-order valence-electron chi connectivity index (χ3n) is 4.56. The molecule has 0 radical (unpaired) electrons. The molecule has 0 saturated carbocycles. The van der Waals surface area contributed by atoms with Gasteiger partial charge in [0, 0.05) is 10.4 Å². The molecule has 28 heavy (non-hydrogen) atoms. The Balaban J connectivity index is 0.00000225. The molecule has 0 spiro atoms. The second-order valence-electron chi connectivity index (χ2n) is 6.45. The Morgan fingerprint density at radius 3 is 2.71 bits per heavy atom. The van der Waals surface area contributed by atoms with Gasteiger partial charge in [-0.15, -0.1) is 28.8 Å². The maximum atomic E-state index is 13.1. The average molecular weight is 423 g/mol. The van der Waals surface area contributed by atoms with Crippen LogP contribution in [0, 0.1) is 12.7 Å². The van der Waals surface area contributed by atoms with Crippen LogP contribution in [0.25, 0.3) is 11.3 Å². The van der Waals surface area contributed by atoms with E-state index in [4.69, 9.17) is 0 Å². The van der Waals surface area contributed by atoms with Gasteiger partial charge in [0.05, 0.1) is 17.9 Å². The predicted molar refractivity (Wildman–Crippen MR) is 109 cm³/mol. The van der Waals surface area contributed by atoms with Gasteiger partial charge in [0.15, 0.2) is 10.8 Å². The van der Waals surface area contributed by atoms with E-state index in [2.05, 4.69) is 25.9 Å². The molecular weight excluding hydrogens is 403 g/mol. The van der Waals surface area contributed by atoms with Crippen molar-refractivity contribution in [2.75, 3.05) is 18.4 Å². The summed E-state index contributed by atoms with van der Waals surface area (Å²) in [5.74, 6) is -0.633. The second kappa shape index (κ2) is 8.76. The van der Waals surface area contributed by atoms with Crippen LogP contribution in [0.2, 0.25) is 0 Å². The number of hydrogen-bond acceptors (Lipinski definition) is 6. The van der Waals surface area contributed by atoms with Crippen molar-refractivity contribution in [2.24, 2.45) is 0 Å². The number of nitrogens with zero attached hydrogens (tertiary/aromatic N) is 4. The van der Waals surface area contributed by atoms with Crippen LogP contribution in [-0.4, -0.2) is 39.0 Å². The molecule has 0 bridgehead atoms. The summed E-state index contributed by atoms with van der Waals surface area (Å²) < 4.78 is 14.9. The molecule has 1 fully saturated rings. The third-order valence-corrected chi connectivity index (χ3v) is 5.45. The molecule has 1 amide bonds. The number of aromatic nitrogens is 4. The SMILES string of the molecule is Cc1sc(NC(=O)c2cn(C3CCNCC3)nn2)nc1-c1ccc(F)cc1.Cl. The van der Waals surface area contributed by atoms with Crippen LogP contribution in [-0.2, 0) is 0 Å². The van der Waals surface area contributed by atoms with Crippen LogP contribution in [0.1, 0.15) is 34.2 Å². The lowest BCUT2D eigenvalue weighted by Crippen LogP contribution is -2.29. The van der Waals surface area contributed by atoms with Gasteiger partial charge in [0.1, 0.15) is 5.82 Å². The van der Waals surface area contributed by atoms with Crippen LogP contribution < -0.4 is 10.6 Å². The molecular formula is C18H20ClFN6OS. The molecule has 2 aromatic heterocycles. The van der Waals surface area contributed by atoms with Crippen molar-refractivity contribution in [1.29, 1.82) is 0 Å². The highest BCUT2D eigenvalue weighted by atomic mass is 35.5. The molecule has 4 rings (SSSR count).